The highest BCUT2D eigenvalue weighted by Crippen LogP contribution is 2.20. The first-order chi connectivity index (χ1) is 15.9. The van der Waals surface area contributed by atoms with Crippen molar-refractivity contribution in [3.8, 4) is 6.07 Å². The summed E-state index contributed by atoms with van der Waals surface area (Å²) in [5, 5.41) is 17.0. The van der Waals surface area contributed by atoms with E-state index in [1.807, 2.05) is 12.1 Å². The number of furan rings is 1. The first-order valence-corrected chi connectivity index (χ1v) is 10.6. The number of hydrogen-bond donors (Lipinski definition) is 0. The van der Waals surface area contributed by atoms with Gasteiger partial charge in [-0.15, -0.1) is 10.2 Å². The predicted octanol–water partition coefficient (Wildman–Crippen LogP) is 4.67. The molecule has 2 aromatic carbocycles. The number of benzene rings is 2. The predicted molar refractivity (Wildman–Crippen MR) is 117 cm³/mol. The molecule has 0 N–H and O–H groups in total. The standard InChI is InChI=1S/C23H16BrF2N5O2/c24-21-8-7-20(33-21)23(32)30(12-17-5-6-18(25)9-19(17)26)13-22-29-28-14-31(22)11-16-3-1-15(10-27)2-4-16/h1-9,14H,11-13H2. The summed E-state index contributed by atoms with van der Waals surface area (Å²) in [6.45, 7) is 0.282. The Labute approximate surface area is 196 Å². The van der Waals surface area contributed by atoms with Crippen LogP contribution in [0.4, 0.5) is 8.78 Å². The molecule has 0 saturated heterocycles. The highest BCUT2D eigenvalue weighted by atomic mass is 79.9. The Morgan fingerprint density at radius 3 is 2.58 bits per heavy atom. The molecule has 4 aromatic rings. The molecule has 0 spiro atoms. The monoisotopic (exact) mass is 511 g/mol. The van der Waals surface area contributed by atoms with Gasteiger partial charge in [-0.05, 0) is 51.8 Å². The van der Waals surface area contributed by atoms with Crippen LogP contribution in [-0.2, 0) is 19.6 Å². The molecule has 2 aromatic heterocycles. The fourth-order valence-electron chi connectivity index (χ4n) is 3.23. The Kier molecular flexibility index (Phi) is 6.60. The third-order valence-electron chi connectivity index (χ3n) is 4.91. The Hall–Kier alpha value is -3.84. The number of amides is 1. The summed E-state index contributed by atoms with van der Waals surface area (Å²) >= 11 is 3.17. The van der Waals surface area contributed by atoms with E-state index < -0.39 is 17.5 Å². The number of nitrogens with zero attached hydrogens (tertiary/aromatic N) is 5. The van der Waals surface area contributed by atoms with Gasteiger partial charge in [0.15, 0.2) is 16.3 Å². The molecule has 1 amide bonds. The number of carbonyl (C=O) groups is 1. The number of aromatic nitrogens is 3. The van der Waals surface area contributed by atoms with E-state index in [1.165, 1.54) is 23.4 Å². The van der Waals surface area contributed by atoms with Crippen molar-refractivity contribution in [3.05, 3.63) is 106 Å². The van der Waals surface area contributed by atoms with Crippen molar-refractivity contribution in [3.63, 3.8) is 0 Å². The zero-order chi connectivity index (χ0) is 23.4. The maximum Gasteiger partial charge on any atom is 0.290 e. The summed E-state index contributed by atoms with van der Waals surface area (Å²) < 4.78 is 35.2. The smallest absolute Gasteiger partial charge is 0.290 e. The van der Waals surface area contributed by atoms with Gasteiger partial charge in [-0.1, -0.05) is 18.2 Å². The van der Waals surface area contributed by atoms with Crippen molar-refractivity contribution in [1.29, 1.82) is 5.26 Å². The summed E-state index contributed by atoms with van der Waals surface area (Å²) in [4.78, 5) is 14.5. The van der Waals surface area contributed by atoms with Gasteiger partial charge < -0.3 is 13.9 Å². The largest absolute Gasteiger partial charge is 0.444 e. The second kappa shape index (κ2) is 9.75. The van der Waals surface area contributed by atoms with E-state index in [2.05, 4.69) is 32.2 Å². The first-order valence-electron chi connectivity index (χ1n) is 9.77. The fraction of sp³-hybridized carbons (Fsp3) is 0.130. The third-order valence-corrected chi connectivity index (χ3v) is 5.34. The molecule has 0 radical (unpaired) electrons. The molecule has 0 fully saturated rings. The lowest BCUT2D eigenvalue weighted by atomic mass is 10.1. The van der Waals surface area contributed by atoms with E-state index in [0.717, 1.165) is 17.7 Å². The minimum atomic E-state index is -0.757. The van der Waals surface area contributed by atoms with Gasteiger partial charge in [0.2, 0.25) is 0 Å². The number of halogens is 3. The molecular formula is C23H16BrF2N5O2. The van der Waals surface area contributed by atoms with E-state index in [-0.39, 0.29) is 24.4 Å². The highest BCUT2D eigenvalue weighted by molar-refractivity contribution is 9.10. The van der Waals surface area contributed by atoms with Gasteiger partial charge in [0.1, 0.15) is 18.0 Å². The van der Waals surface area contributed by atoms with E-state index >= 15 is 0 Å². The van der Waals surface area contributed by atoms with Crippen LogP contribution in [0.1, 0.15) is 33.1 Å². The molecule has 7 nitrogen and oxygen atoms in total. The average molecular weight is 512 g/mol. The van der Waals surface area contributed by atoms with Crippen LogP contribution in [0.25, 0.3) is 0 Å². The summed E-state index contributed by atoms with van der Waals surface area (Å²) in [6.07, 6.45) is 1.53. The third kappa shape index (κ3) is 5.32. The number of nitriles is 1. The molecule has 0 atom stereocenters. The van der Waals surface area contributed by atoms with Gasteiger partial charge in [0.05, 0.1) is 24.7 Å². The second-order valence-corrected chi connectivity index (χ2v) is 7.97. The van der Waals surface area contributed by atoms with Crippen molar-refractivity contribution in [2.75, 3.05) is 0 Å². The van der Waals surface area contributed by atoms with Crippen molar-refractivity contribution < 1.29 is 18.0 Å². The Morgan fingerprint density at radius 2 is 1.91 bits per heavy atom. The van der Waals surface area contributed by atoms with Crippen LogP contribution in [0.2, 0.25) is 0 Å². The Balaban J connectivity index is 1.60. The van der Waals surface area contributed by atoms with Crippen LogP contribution in [0.15, 0.2) is 70.0 Å². The average Bonchev–Trinajstić information content (AvgIpc) is 3.43. The van der Waals surface area contributed by atoms with Crippen LogP contribution in [0.5, 0.6) is 0 Å². The minimum Gasteiger partial charge on any atom is -0.444 e. The SMILES string of the molecule is N#Cc1ccc(Cn2cnnc2CN(Cc2ccc(F)cc2F)C(=O)c2ccc(Br)o2)cc1. The number of rotatable bonds is 7. The van der Waals surface area contributed by atoms with E-state index in [9.17, 15) is 13.6 Å². The number of carbonyl (C=O) groups excluding carboxylic acids is 1. The zero-order valence-electron chi connectivity index (χ0n) is 17.1. The van der Waals surface area contributed by atoms with E-state index in [4.69, 9.17) is 9.68 Å². The molecule has 0 saturated carbocycles. The molecule has 0 unspecified atom stereocenters. The van der Waals surface area contributed by atoms with Gasteiger partial charge in [0.25, 0.3) is 5.91 Å². The summed E-state index contributed by atoms with van der Waals surface area (Å²) in [5.74, 6) is -1.43. The molecule has 166 valence electrons. The van der Waals surface area contributed by atoms with Gasteiger partial charge in [-0.25, -0.2) is 8.78 Å². The molecule has 0 bridgehead atoms. The van der Waals surface area contributed by atoms with Crippen molar-refractivity contribution in [2.24, 2.45) is 0 Å². The molecular weight excluding hydrogens is 496 g/mol. The van der Waals surface area contributed by atoms with Crippen LogP contribution in [0, 0.1) is 23.0 Å². The quantitative estimate of drug-likeness (QED) is 0.359. The Morgan fingerprint density at radius 1 is 1.12 bits per heavy atom. The molecule has 0 aliphatic heterocycles. The lowest BCUT2D eigenvalue weighted by molar-refractivity contribution is 0.0688. The molecule has 0 aliphatic carbocycles. The highest BCUT2D eigenvalue weighted by Gasteiger charge is 2.23. The number of hydrogen-bond acceptors (Lipinski definition) is 5. The van der Waals surface area contributed by atoms with E-state index in [1.54, 1.807) is 22.8 Å². The summed E-state index contributed by atoms with van der Waals surface area (Å²) in [5.41, 5.74) is 1.60. The minimum absolute atomic E-state index is 0.00421. The molecule has 33 heavy (non-hydrogen) atoms. The van der Waals surface area contributed by atoms with Crippen LogP contribution >= 0.6 is 15.9 Å². The lowest BCUT2D eigenvalue weighted by Gasteiger charge is -2.22. The van der Waals surface area contributed by atoms with Crippen LogP contribution in [-0.4, -0.2) is 25.6 Å². The van der Waals surface area contributed by atoms with Gasteiger partial charge >= 0.3 is 0 Å². The Bertz CT molecular complexity index is 1330. The molecule has 2 heterocycles. The van der Waals surface area contributed by atoms with Crippen LogP contribution in [0.3, 0.4) is 0 Å². The van der Waals surface area contributed by atoms with Gasteiger partial charge in [0, 0.05) is 18.2 Å². The topological polar surface area (TPSA) is 88.0 Å². The summed E-state index contributed by atoms with van der Waals surface area (Å²) in [6, 6.07) is 15.4. The maximum atomic E-state index is 14.3. The maximum absolute atomic E-state index is 14.3. The van der Waals surface area contributed by atoms with E-state index in [0.29, 0.717) is 22.6 Å². The van der Waals surface area contributed by atoms with Crippen molar-refractivity contribution in [2.45, 2.75) is 19.6 Å². The summed E-state index contributed by atoms with van der Waals surface area (Å²) in [7, 11) is 0. The van der Waals surface area contributed by atoms with Gasteiger partial charge in [-0.2, -0.15) is 5.26 Å². The molecule has 10 heteroatoms. The normalized spacial score (nSPS) is 10.7. The van der Waals surface area contributed by atoms with Crippen molar-refractivity contribution in [1.82, 2.24) is 19.7 Å². The zero-order valence-corrected chi connectivity index (χ0v) is 18.7. The molecule has 4 rings (SSSR count). The van der Waals surface area contributed by atoms with Crippen LogP contribution < -0.4 is 0 Å². The van der Waals surface area contributed by atoms with Crippen molar-refractivity contribution >= 4 is 21.8 Å². The molecule has 0 aliphatic rings. The van der Waals surface area contributed by atoms with Gasteiger partial charge in [-0.3, -0.25) is 4.79 Å². The lowest BCUT2D eigenvalue weighted by Crippen LogP contribution is -2.31. The first kappa shape index (κ1) is 22.4. The second-order valence-electron chi connectivity index (χ2n) is 7.18. The fourth-order valence-corrected chi connectivity index (χ4v) is 3.53.